The van der Waals surface area contributed by atoms with Gasteiger partial charge in [0.15, 0.2) is 0 Å². The molecule has 17 heavy (non-hydrogen) atoms. The first kappa shape index (κ1) is 9.92. The van der Waals surface area contributed by atoms with Crippen molar-refractivity contribution < 1.29 is 21.7 Å². The second-order valence-electron chi connectivity index (χ2n) is 5.03. The third kappa shape index (κ3) is 3.20. The number of hydrogen-bond donors (Lipinski definition) is 0. The SMILES string of the molecule is [2H]C([2H])([2H])[C@H](c1cc(C(F)(F)F)ccc1F)C(C)(C)C. The molecule has 4 heteroatoms. The van der Waals surface area contributed by atoms with Crippen LogP contribution in [-0.2, 0) is 6.18 Å². The van der Waals surface area contributed by atoms with Gasteiger partial charge in [-0.2, -0.15) is 13.2 Å². The Morgan fingerprint density at radius 1 is 1.18 bits per heavy atom. The van der Waals surface area contributed by atoms with E-state index in [2.05, 4.69) is 0 Å². The molecule has 0 aliphatic heterocycles. The van der Waals surface area contributed by atoms with Crippen LogP contribution in [0.2, 0.25) is 0 Å². The van der Waals surface area contributed by atoms with E-state index in [0.717, 1.165) is 0 Å². The van der Waals surface area contributed by atoms with Crippen molar-refractivity contribution in [1.82, 2.24) is 0 Å². The highest BCUT2D eigenvalue weighted by Crippen LogP contribution is 2.38. The predicted octanol–water partition coefficient (Wildman–Crippen LogP) is 4.99. The van der Waals surface area contributed by atoms with Crippen LogP contribution in [0.25, 0.3) is 0 Å². The Morgan fingerprint density at radius 2 is 1.76 bits per heavy atom. The molecule has 0 bridgehead atoms. The molecule has 0 N–H and O–H groups in total. The van der Waals surface area contributed by atoms with Crippen molar-refractivity contribution in [1.29, 1.82) is 0 Å². The van der Waals surface area contributed by atoms with Gasteiger partial charge in [0.05, 0.1) is 5.56 Å². The van der Waals surface area contributed by atoms with Crippen LogP contribution in [0.4, 0.5) is 17.6 Å². The van der Waals surface area contributed by atoms with E-state index in [4.69, 9.17) is 4.11 Å². The topological polar surface area (TPSA) is 0 Å². The lowest BCUT2D eigenvalue weighted by Crippen LogP contribution is -2.17. The first-order valence-electron chi connectivity index (χ1n) is 6.61. The molecule has 0 aliphatic carbocycles. The van der Waals surface area contributed by atoms with Gasteiger partial charge in [-0.3, -0.25) is 0 Å². The van der Waals surface area contributed by atoms with Gasteiger partial charge >= 0.3 is 6.18 Å². The van der Waals surface area contributed by atoms with E-state index in [1.807, 2.05) is 0 Å². The quantitative estimate of drug-likeness (QED) is 0.616. The van der Waals surface area contributed by atoms with Crippen LogP contribution in [0.15, 0.2) is 18.2 Å². The first-order chi connectivity index (χ1) is 8.74. The maximum absolute atomic E-state index is 13.9. The predicted molar refractivity (Wildman–Crippen MR) is 59.3 cm³/mol. The minimum Gasteiger partial charge on any atom is -0.207 e. The zero-order valence-corrected chi connectivity index (χ0v) is 9.82. The minimum absolute atomic E-state index is 0.424. The van der Waals surface area contributed by atoms with Crippen LogP contribution < -0.4 is 0 Å². The molecule has 0 radical (unpaired) electrons. The van der Waals surface area contributed by atoms with Crippen molar-refractivity contribution in [2.45, 2.75) is 39.7 Å². The average Bonchev–Trinajstić information content (AvgIpc) is 2.15. The normalized spacial score (nSPS) is 18.2. The molecule has 0 saturated heterocycles. The van der Waals surface area contributed by atoms with Gasteiger partial charge in [0.2, 0.25) is 0 Å². The van der Waals surface area contributed by atoms with E-state index in [1.165, 1.54) is 0 Å². The minimum atomic E-state index is -4.64. The molecular weight excluding hydrogens is 232 g/mol. The van der Waals surface area contributed by atoms with Gasteiger partial charge < -0.3 is 0 Å². The average molecular weight is 251 g/mol. The number of benzene rings is 1. The van der Waals surface area contributed by atoms with Crippen LogP contribution in [0.3, 0.4) is 0 Å². The van der Waals surface area contributed by atoms with Crippen molar-refractivity contribution in [2.75, 3.05) is 0 Å². The highest BCUT2D eigenvalue weighted by atomic mass is 19.4. The number of halogens is 4. The zero-order chi connectivity index (χ0) is 15.9. The lowest BCUT2D eigenvalue weighted by molar-refractivity contribution is -0.137. The summed E-state index contributed by atoms with van der Waals surface area (Å²) in [5.74, 6) is -2.26. The van der Waals surface area contributed by atoms with Crippen LogP contribution in [0, 0.1) is 11.2 Å². The van der Waals surface area contributed by atoms with Crippen molar-refractivity contribution in [3.8, 4) is 0 Å². The monoisotopic (exact) mass is 251 g/mol. The summed E-state index contributed by atoms with van der Waals surface area (Å²) in [7, 11) is 0. The number of alkyl halides is 3. The van der Waals surface area contributed by atoms with Crippen LogP contribution >= 0.6 is 0 Å². The van der Waals surface area contributed by atoms with E-state index in [9.17, 15) is 17.6 Å². The summed E-state index contributed by atoms with van der Waals surface area (Å²) >= 11 is 0. The zero-order valence-electron chi connectivity index (χ0n) is 12.8. The third-order valence-corrected chi connectivity index (χ3v) is 2.50. The molecule has 0 nitrogen and oxygen atoms in total. The molecule has 1 aromatic carbocycles. The lowest BCUT2D eigenvalue weighted by atomic mass is 9.77. The summed E-state index contributed by atoms with van der Waals surface area (Å²) < 4.78 is 74.4. The maximum Gasteiger partial charge on any atom is 0.416 e. The fourth-order valence-corrected chi connectivity index (χ4v) is 1.41. The Labute approximate surface area is 103 Å². The Hall–Kier alpha value is -1.06. The van der Waals surface area contributed by atoms with Gasteiger partial charge in [0.1, 0.15) is 5.82 Å². The lowest BCUT2D eigenvalue weighted by Gasteiger charge is -2.28. The van der Waals surface area contributed by atoms with Crippen molar-refractivity contribution in [2.24, 2.45) is 5.41 Å². The van der Waals surface area contributed by atoms with Crippen LogP contribution in [0.5, 0.6) is 0 Å². The number of rotatable bonds is 1. The maximum atomic E-state index is 13.9. The summed E-state index contributed by atoms with van der Waals surface area (Å²) in [6.45, 7) is 2.08. The Morgan fingerprint density at radius 3 is 2.18 bits per heavy atom. The third-order valence-electron chi connectivity index (χ3n) is 2.50. The van der Waals surface area contributed by atoms with Gasteiger partial charge in [-0.15, -0.1) is 0 Å². The Bertz CT molecular complexity index is 470. The standard InChI is InChI=1S/C13H16F4/c1-8(12(2,3)4)10-7-9(13(15,16)17)5-6-11(10)14/h5-8H,1-4H3/t8-/m1/s1/i1D3. The van der Waals surface area contributed by atoms with Gasteiger partial charge in [0, 0.05) is 4.11 Å². The number of hydrogen-bond acceptors (Lipinski definition) is 0. The molecule has 1 atom stereocenters. The molecule has 1 aromatic rings. The molecule has 1 rings (SSSR count). The summed E-state index contributed by atoms with van der Waals surface area (Å²) in [6.07, 6.45) is -4.64. The fourth-order valence-electron chi connectivity index (χ4n) is 1.41. The van der Waals surface area contributed by atoms with Gasteiger partial charge in [0.25, 0.3) is 0 Å². The van der Waals surface area contributed by atoms with Gasteiger partial charge in [-0.05, 0) is 35.1 Å². The second-order valence-corrected chi connectivity index (χ2v) is 5.03. The fraction of sp³-hybridized carbons (Fsp3) is 0.538. The van der Waals surface area contributed by atoms with E-state index in [0.29, 0.717) is 18.2 Å². The van der Waals surface area contributed by atoms with Crippen LogP contribution in [-0.4, -0.2) is 0 Å². The molecule has 0 heterocycles. The Kier molecular flexibility index (Phi) is 2.52. The highest BCUT2D eigenvalue weighted by Gasteiger charge is 2.33. The van der Waals surface area contributed by atoms with E-state index >= 15 is 0 Å². The Balaban J connectivity index is 3.49. The summed E-state index contributed by atoms with van der Waals surface area (Å²) in [6, 6.07) is 1.87. The molecule has 0 aliphatic rings. The summed E-state index contributed by atoms with van der Waals surface area (Å²) in [5.41, 5.74) is -2.38. The summed E-state index contributed by atoms with van der Waals surface area (Å²) in [4.78, 5) is 0. The molecule has 0 spiro atoms. The van der Waals surface area contributed by atoms with Crippen molar-refractivity contribution >= 4 is 0 Å². The van der Waals surface area contributed by atoms with E-state index in [1.54, 1.807) is 20.8 Å². The molecule has 0 saturated carbocycles. The molecule has 0 aromatic heterocycles. The summed E-state index contributed by atoms with van der Waals surface area (Å²) in [5, 5.41) is 0. The van der Waals surface area contributed by atoms with Crippen LogP contribution in [0.1, 0.15) is 48.8 Å². The van der Waals surface area contributed by atoms with Gasteiger partial charge in [-0.25, -0.2) is 4.39 Å². The van der Waals surface area contributed by atoms with E-state index in [-0.39, 0.29) is 0 Å². The van der Waals surface area contributed by atoms with Gasteiger partial charge in [-0.1, -0.05) is 27.6 Å². The highest BCUT2D eigenvalue weighted by molar-refractivity contribution is 5.30. The molecule has 0 unspecified atom stereocenters. The van der Waals surface area contributed by atoms with Crippen molar-refractivity contribution in [3.05, 3.63) is 35.1 Å². The smallest absolute Gasteiger partial charge is 0.207 e. The molecule has 96 valence electrons. The molecular formula is C13H16F4. The first-order valence-corrected chi connectivity index (χ1v) is 5.11. The van der Waals surface area contributed by atoms with Crippen molar-refractivity contribution in [3.63, 3.8) is 0 Å². The van der Waals surface area contributed by atoms with E-state index < -0.39 is 41.3 Å². The molecule has 0 fully saturated rings. The molecule has 0 amide bonds. The second kappa shape index (κ2) is 4.31. The largest absolute Gasteiger partial charge is 0.416 e.